The van der Waals surface area contributed by atoms with E-state index in [4.69, 9.17) is 19.9 Å². The van der Waals surface area contributed by atoms with Crippen molar-refractivity contribution >= 4 is 5.97 Å². The van der Waals surface area contributed by atoms with Crippen molar-refractivity contribution in [3.63, 3.8) is 0 Å². The summed E-state index contributed by atoms with van der Waals surface area (Å²) in [6.45, 7) is 7.62. The number of halogens is 1. The second-order valence-electron chi connectivity index (χ2n) is 7.49. The molecule has 6 nitrogen and oxygen atoms in total. The van der Waals surface area contributed by atoms with E-state index in [1.807, 2.05) is 26.0 Å². The van der Waals surface area contributed by atoms with E-state index >= 15 is 0 Å². The SMILES string of the molecule is CCOC(=O)C1=C(C)OC(N)=C(C#N)C1c1cc(COc2ccc(F)cc2)c(C)cc1C. The molecule has 0 amide bonds. The van der Waals surface area contributed by atoms with Crippen molar-refractivity contribution in [2.75, 3.05) is 6.61 Å². The zero-order chi connectivity index (χ0) is 23.4. The van der Waals surface area contributed by atoms with Crippen LogP contribution >= 0.6 is 0 Å². The Morgan fingerprint density at radius 1 is 1.19 bits per heavy atom. The molecule has 7 heteroatoms. The van der Waals surface area contributed by atoms with Crippen LogP contribution in [0.15, 0.2) is 59.2 Å². The Balaban J connectivity index is 2.05. The molecule has 2 aromatic carbocycles. The number of ether oxygens (including phenoxy) is 3. The summed E-state index contributed by atoms with van der Waals surface area (Å²) >= 11 is 0. The first-order valence-electron chi connectivity index (χ1n) is 10.2. The first-order valence-corrected chi connectivity index (χ1v) is 10.2. The third-order valence-electron chi connectivity index (χ3n) is 5.34. The Labute approximate surface area is 186 Å². The number of allylic oxidation sites excluding steroid dienone is 2. The van der Waals surface area contributed by atoms with Gasteiger partial charge in [-0.3, -0.25) is 0 Å². The fourth-order valence-electron chi connectivity index (χ4n) is 3.74. The maximum Gasteiger partial charge on any atom is 0.338 e. The highest BCUT2D eigenvalue weighted by molar-refractivity contribution is 5.92. The molecule has 1 heterocycles. The number of nitriles is 1. The van der Waals surface area contributed by atoms with Crippen molar-refractivity contribution in [1.29, 1.82) is 5.26 Å². The number of hydrogen-bond acceptors (Lipinski definition) is 6. The van der Waals surface area contributed by atoms with Crippen LogP contribution in [0, 0.1) is 31.0 Å². The molecule has 0 aliphatic carbocycles. The van der Waals surface area contributed by atoms with Crippen molar-refractivity contribution in [2.45, 2.75) is 40.2 Å². The van der Waals surface area contributed by atoms with Crippen LogP contribution in [0.25, 0.3) is 0 Å². The molecule has 0 saturated carbocycles. The lowest BCUT2D eigenvalue weighted by molar-refractivity contribution is -0.139. The summed E-state index contributed by atoms with van der Waals surface area (Å²) in [4.78, 5) is 12.8. The Morgan fingerprint density at radius 2 is 1.88 bits per heavy atom. The van der Waals surface area contributed by atoms with Crippen molar-refractivity contribution < 1.29 is 23.4 Å². The zero-order valence-electron chi connectivity index (χ0n) is 18.5. The molecule has 0 aromatic heterocycles. The molecule has 0 bridgehead atoms. The van der Waals surface area contributed by atoms with Crippen LogP contribution < -0.4 is 10.5 Å². The van der Waals surface area contributed by atoms with Crippen LogP contribution in [0.1, 0.15) is 42.0 Å². The van der Waals surface area contributed by atoms with E-state index in [2.05, 4.69) is 6.07 Å². The van der Waals surface area contributed by atoms with Gasteiger partial charge in [0.15, 0.2) is 0 Å². The van der Waals surface area contributed by atoms with E-state index in [-0.39, 0.29) is 36.1 Å². The van der Waals surface area contributed by atoms with Crippen molar-refractivity contribution in [1.82, 2.24) is 0 Å². The topological polar surface area (TPSA) is 94.6 Å². The Morgan fingerprint density at radius 3 is 2.50 bits per heavy atom. The third-order valence-corrected chi connectivity index (χ3v) is 5.34. The zero-order valence-corrected chi connectivity index (χ0v) is 18.5. The Hall–Kier alpha value is -3.79. The monoisotopic (exact) mass is 436 g/mol. The number of carbonyl (C=O) groups excluding carboxylic acids is 1. The summed E-state index contributed by atoms with van der Waals surface area (Å²) in [6, 6.07) is 11.7. The van der Waals surface area contributed by atoms with E-state index < -0.39 is 11.9 Å². The number of rotatable bonds is 6. The summed E-state index contributed by atoms with van der Waals surface area (Å²) in [5, 5.41) is 9.80. The molecule has 1 unspecified atom stereocenters. The van der Waals surface area contributed by atoms with Gasteiger partial charge in [0.1, 0.15) is 35.6 Å². The highest BCUT2D eigenvalue weighted by atomic mass is 19.1. The molecule has 2 aromatic rings. The molecule has 1 aliphatic rings. The van der Waals surface area contributed by atoms with Crippen LogP contribution in [0.5, 0.6) is 5.75 Å². The number of nitrogens with two attached hydrogens (primary N) is 1. The van der Waals surface area contributed by atoms with Gasteiger partial charge in [0, 0.05) is 0 Å². The molecule has 0 fully saturated rings. The second kappa shape index (κ2) is 9.56. The summed E-state index contributed by atoms with van der Waals surface area (Å²) < 4.78 is 29.7. The third kappa shape index (κ3) is 4.59. The number of aryl methyl sites for hydroxylation is 2. The van der Waals surface area contributed by atoms with Crippen molar-refractivity contribution in [3.8, 4) is 11.8 Å². The summed E-state index contributed by atoms with van der Waals surface area (Å²) in [5.41, 5.74) is 9.86. The first-order chi connectivity index (χ1) is 15.3. The quantitative estimate of drug-likeness (QED) is 0.662. The van der Waals surface area contributed by atoms with Crippen LogP contribution in [-0.2, 0) is 20.9 Å². The van der Waals surface area contributed by atoms with Crippen LogP contribution in [0.3, 0.4) is 0 Å². The lowest BCUT2D eigenvalue weighted by atomic mass is 9.80. The molecular weight excluding hydrogens is 411 g/mol. The van der Waals surface area contributed by atoms with Gasteiger partial charge in [-0.2, -0.15) is 5.26 Å². The Bertz CT molecular complexity index is 1140. The van der Waals surface area contributed by atoms with Gasteiger partial charge in [-0.1, -0.05) is 12.1 Å². The normalized spacial score (nSPS) is 15.8. The smallest absolute Gasteiger partial charge is 0.338 e. The average molecular weight is 436 g/mol. The molecule has 166 valence electrons. The number of carbonyl (C=O) groups is 1. The molecule has 1 atom stereocenters. The molecule has 1 aliphatic heterocycles. The maximum atomic E-state index is 13.2. The molecule has 0 radical (unpaired) electrons. The fraction of sp³-hybridized carbons (Fsp3) is 0.280. The minimum Gasteiger partial charge on any atom is -0.489 e. The number of nitrogens with zero attached hydrogens (tertiary/aromatic N) is 1. The second-order valence-corrected chi connectivity index (χ2v) is 7.49. The molecule has 0 saturated heterocycles. The van der Waals surface area contributed by atoms with Crippen LogP contribution in [-0.4, -0.2) is 12.6 Å². The van der Waals surface area contributed by atoms with Crippen LogP contribution in [0.4, 0.5) is 4.39 Å². The van der Waals surface area contributed by atoms with Gasteiger partial charge < -0.3 is 19.9 Å². The van der Waals surface area contributed by atoms with E-state index in [0.29, 0.717) is 11.5 Å². The first kappa shape index (κ1) is 22.9. The summed E-state index contributed by atoms with van der Waals surface area (Å²) in [7, 11) is 0. The van der Waals surface area contributed by atoms with Crippen LogP contribution in [0.2, 0.25) is 0 Å². The Kier molecular flexibility index (Phi) is 6.84. The van der Waals surface area contributed by atoms with E-state index in [9.17, 15) is 14.4 Å². The van der Waals surface area contributed by atoms with Gasteiger partial charge in [-0.25, -0.2) is 9.18 Å². The number of benzene rings is 2. The highest BCUT2D eigenvalue weighted by Crippen LogP contribution is 2.41. The number of esters is 1. The molecule has 2 N–H and O–H groups in total. The summed E-state index contributed by atoms with van der Waals surface area (Å²) in [5.74, 6) is -0.824. The van der Waals surface area contributed by atoms with Crippen molar-refractivity contribution in [3.05, 3.63) is 87.3 Å². The summed E-state index contributed by atoms with van der Waals surface area (Å²) in [6.07, 6.45) is 0. The lowest BCUT2D eigenvalue weighted by Crippen LogP contribution is -2.26. The van der Waals surface area contributed by atoms with Gasteiger partial charge in [0.05, 0.1) is 18.1 Å². The molecular formula is C25H25FN2O4. The predicted octanol–water partition coefficient (Wildman–Crippen LogP) is 4.67. The molecule has 32 heavy (non-hydrogen) atoms. The predicted molar refractivity (Wildman–Crippen MR) is 117 cm³/mol. The van der Waals surface area contributed by atoms with E-state index in [1.165, 1.54) is 12.1 Å². The fourth-order valence-corrected chi connectivity index (χ4v) is 3.74. The standard InChI is InChI=1S/C25H25FN2O4/c1-5-30-25(29)22-16(4)32-24(28)21(12-27)23(22)20-11-17(14(2)10-15(20)3)13-31-19-8-6-18(26)7-9-19/h6-11,23H,5,13,28H2,1-4H3. The minimum atomic E-state index is -0.724. The van der Waals surface area contributed by atoms with Crippen molar-refractivity contribution in [2.24, 2.45) is 5.73 Å². The van der Waals surface area contributed by atoms with Gasteiger partial charge in [0.25, 0.3) is 0 Å². The van der Waals surface area contributed by atoms with E-state index in [1.54, 1.807) is 26.0 Å². The average Bonchev–Trinajstić information content (AvgIpc) is 2.74. The van der Waals surface area contributed by atoms with Gasteiger partial charge in [-0.15, -0.1) is 0 Å². The number of hydrogen-bond donors (Lipinski definition) is 1. The molecule has 3 rings (SSSR count). The largest absolute Gasteiger partial charge is 0.489 e. The van der Waals surface area contributed by atoms with E-state index in [0.717, 1.165) is 22.3 Å². The molecule has 0 spiro atoms. The van der Waals surface area contributed by atoms with Gasteiger partial charge in [-0.05, 0) is 74.2 Å². The lowest BCUT2D eigenvalue weighted by Gasteiger charge is -2.28. The highest BCUT2D eigenvalue weighted by Gasteiger charge is 2.37. The minimum absolute atomic E-state index is 0.0351. The van der Waals surface area contributed by atoms with Gasteiger partial charge >= 0.3 is 5.97 Å². The maximum absolute atomic E-state index is 13.2. The van der Waals surface area contributed by atoms with Gasteiger partial charge in [0.2, 0.25) is 5.88 Å².